The van der Waals surface area contributed by atoms with Crippen LogP contribution in [0, 0.1) is 6.92 Å². The molecule has 156 valence electrons. The molecule has 1 unspecified atom stereocenters. The molecule has 1 heterocycles. The highest BCUT2D eigenvalue weighted by Gasteiger charge is 2.21. The number of hydrogen-bond acceptors (Lipinski definition) is 6. The SMILES string of the molecule is Cc1ccc(C(CC(=O)OC(C)C)NC(=O)Cn2nnc(-c3ccccc3)n2)cc1. The number of benzene rings is 2. The van der Waals surface area contributed by atoms with Gasteiger partial charge in [0, 0.05) is 5.56 Å². The normalized spacial score (nSPS) is 11.9. The summed E-state index contributed by atoms with van der Waals surface area (Å²) in [5.41, 5.74) is 2.73. The number of aromatic nitrogens is 4. The maximum absolute atomic E-state index is 12.6. The average molecular weight is 407 g/mol. The van der Waals surface area contributed by atoms with Gasteiger partial charge in [0.2, 0.25) is 11.7 Å². The molecular weight excluding hydrogens is 382 g/mol. The van der Waals surface area contributed by atoms with Crippen LogP contribution in [0.5, 0.6) is 0 Å². The van der Waals surface area contributed by atoms with Gasteiger partial charge in [-0.3, -0.25) is 9.59 Å². The molecule has 0 radical (unpaired) electrons. The van der Waals surface area contributed by atoms with Crippen LogP contribution < -0.4 is 5.32 Å². The standard InChI is InChI=1S/C22H25N5O3/c1-15(2)30-21(29)13-19(17-11-9-16(3)10-12-17)23-20(28)14-27-25-22(24-26-27)18-7-5-4-6-8-18/h4-12,15,19H,13-14H2,1-3H3,(H,23,28). The van der Waals surface area contributed by atoms with Gasteiger partial charge in [0.1, 0.15) is 6.54 Å². The van der Waals surface area contributed by atoms with E-state index in [0.29, 0.717) is 5.82 Å². The van der Waals surface area contributed by atoms with Crippen LogP contribution in [-0.2, 0) is 20.9 Å². The Balaban J connectivity index is 1.69. The van der Waals surface area contributed by atoms with Crippen LogP contribution in [0.15, 0.2) is 54.6 Å². The molecule has 1 aromatic heterocycles. The molecule has 8 nitrogen and oxygen atoms in total. The fourth-order valence-corrected chi connectivity index (χ4v) is 2.91. The highest BCUT2D eigenvalue weighted by atomic mass is 16.5. The zero-order chi connectivity index (χ0) is 21.5. The van der Waals surface area contributed by atoms with E-state index in [2.05, 4.69) is 20.7 Å². The van der Waals surface area contributed by atoms with Gasteiger partial charge < -0.3 is 10.1 Å². The molecule has 1 atom stereocenters. The number of ether oxygens (including phenoxy) is 1. The van der Waals surface area contributed by atoms with Crippen LogP contribution in [0.1, 0.15) is 37.4 Å². The van der Waals surface area contributed by atoms with Gasteiger partial charge in [-0.2, -0.15) is 4.80 Å². The molecule has 2 aromatic carbocycles. The number of carbonyl (C=O) groups excluding carboxylic acids is 2. The number of hydrogen-bond donors (Lipinski definition) is 1. The first-order valence-corrected chi connectivity index (χ1v) is 9.79. The second kappa shape index (κ2) is 9.78. The molecule has 1 N–H and O–H groups in total. The van der Waals surface area contributed by atoms with E-state index in [1.54, 1.807) is 13.8 Å². The summed E-state index contributed by atoms with van der Waals surface area (Å²) in [4.78, 5) is 26.0. The molecule has 0 bridgehead atoms. The van der Waals surface area contributed by atoms with Crippen LogP contribution in [-0.4, -0.2) is 38.2 Å². The first-order valence-electron chi connectivity index (χ1n) is 9.79. The van der Waals surface area contributed by atoms with E-state index in [9.17, 15) is 9.59 Å². The lowest BCUT2D eigenvalue weighted by Gasteiger charge is -2.19. The first-order chi connectivity index (χ1) is 14.4. The molecule has 30 heavy (non-hydrogen) atoms. The van der Waals surface area contributed by atoms with Gasteiger partial charge in [0.15, 0.2) is 0 Å². The molecule has 3 rings (SSSR count). The van der Waals surface area contributed by atoms with Gasteiger partial charge in [-0.15, -0.1) is 10.2 Å². The quantitative estimate of drug-likeness (QED) is 0.577. The summed E-state index contributed by atoms with van der Waals surface area (Å²) in [5.74, 6) is -0.255. The highest BCUT2D eigenvalue weighted by molar-refractivity contribution is 5.78. The third-order valence-corrected chi connectivity index (χ3v) is 4.32. The minimum atomic E-state index is -0.513. The van der Waals surface area contributed by atoms with Crippen LogP contribution in [0.25, 0.3) is 11.4 Å². The van der Waals surface area contributed by atoms with Crippen molar-refractivity contribution >= 4 is 11.9 Å². The number of nitrogens with zero attached hydrogens (tertiary/aromatic N) is 4. The largest absolute Gasteiger partial charge is 0.463 e. The van der Waals surface area contributed by atoms with Crippen molar-refractivity contribution in [3.63, 3.8) is 0 Å². The monoisotopic (exact) mass is 407 g/mol. The van der Waals surface area contributed by atoms with Crippen LogP contribution >= 0.6 is 0 Å². The Hall–Kier alpha value is -3.55. The van der Waals surface area contributed by atoms with Crippen molar-refractivity contribution in [3.8, 4) is 11.4 Å². The Morgan fingerprint density at radius 1 is 1.07 bits per heavy atom. The molecule has 0 spiro atoms. The number of amides is 1. The second-order valence-electron chi connectivity index (χ2n) is 7.28. The van der Waals surface area contributed by atoms with Gasteiger partial charge in [-0.25, -0.2) is 0 Å². The van der Waals surface area contributed by atoms with Crippen LogP contribution in [0.2, 0.25) is 0 Å². The smallest absolute Gasteiger partial charge is 0.308 e. The molecule has 0 aliphatic rings. The van der Waals surface area contributed by atoms with Gasteiger partial charge >= 0.3 is 5.97 Å². The van der Waals surface area contributed by atoms with Gasteiger partial charge in [-0.05, 0) is 31.5 Å². The lowest BCUT2D eigenvalue weighted by atomic mass is 10.0. The summed E-state index contributed by atoms with van der Waals surface area (Å²) in [6, 6.07) is 16.5. The Morgan fingerprint density at radius 3 is 2.43 bits per heavy atom. The molecule has 1 amide bonds. The number of aryl methyl sites for hydroxylation is 1. The maximum Gasteiger partial charge on any atom is 0.308 e. The Labute approximate surface area is 175 Å². The van der Waals surface area contributed by atoms with E-state index in [0.717, 1.165) is 16.7 Å². The minimum Gasteiger partial charge on any atom is -0.463 e. The topological polar surface area (TPSA) is 99.0 Å². The van der Waals surface area contributed by atoms with Crippen molar-refractivity contribution in [1.82, 2.24) is 25.5 Å². The lowest BCUT2D eigenvalue weighted by Crippen LogP contribution is -2.34. The summed E-state index contributed by atoms with van der Waals surface area (Å²) in [6.45, 7) is 5.45. The Kier molecular flexibility index (Phi) is 6.90. The van der Waals surface area contributed by atoms with Crippen molar-refractivity contribution < 1.29 is 14.3 Å². The zero-order valence-corrected chi connectivity index (χ0v) is 17.3. The number of esters is 1. The van der Waals surface area contributed by atoms with Crippen molar-refractivity contribution in [1.29, 1.82) is 0 Å². The van der Waals surface area contributed by atoms with E-state index < -0.39 is 6.04 Å². The van der Waals surface area contributed by atoms with Gasteiger partial charge in [-0.1, -0.05) is 60.2 Å². The van der Waals surface area contributed by atoms with Gasteiger partial charge in [0.05, 0.1) is 18.6 Å². The molecule has 0 fully saturated rings. The second-order valence-corrected chi connectivity index (χ2v) is 7.28. The van der Waals surface area contributed by atoms with E-state index in [-0.39, 0.29) is 30.9 Å². The summed E-state index contributed by atoms with van der Waals surface area (Å²) < 4.78 is 5.25. The van der Waals surface area contributed by atoms with Crippen molar-refractivity contribution in [3.05, 3.63) is 65.7 Å². The average Bonchev–Trinajstić information content (AvgIpc) is 3.16. The van der Waals surface area contributed by atoms with Crippen molar-refractivity contribution in [2.24, 2.45) is 0 Å². The molecule has 8 heteroatoms. The van der Waals surface area contributed by atoms with E-state index >= 15 is 0 Å². The van der Waals surface area contributed by atoms with E-state index in [4.69, 9.17) is 4.74 Å². The molecule has 0 saturated heterocycles. The number of rotatable bonds is 8. The molecule has 0 aliphatic heterocycles. The predicted molar refractivity (Wildman–Crippen MR) is 111 cm³/mol. The van der Waals surface area contributed by atoms with Crippen LogP contribution in [0.4, 0.5) is 0 Å². The summed E-state index contributed by atoms with van der Waals surface area (Å²) in [5, 5.41) is 15.1. The van der Waals surface area contributed by atoms with E-state index in [1.807, 2.05) is 61.5 Å². The van der Waals surface area contributed by atoms with Gasteiger partial charge in [0.25, 0.3) is 0 Å². The van der Waals surface area contributed by atoms with Crippen molar-refractivity contribution in [2.45, 2.75) is 45.9 Å². The highest BCUT2D eigenvalue weighted by Crippen LogP contribution is 2.19. The molecule has 3 aromatic rings. The Morgan fingerprint density at radius 2 is 1.77 bits per heavy atom. The number of carbonyl (C=O) groups is 2. The maximum atomic E-state index is 12.6. The van der Waals surface area contributed by atoms with E-state index in [1.165, 1.54) is 4.80 Å². The molecular formula is C22H25N5O3. The van der Waals surface area contributed by atoms with Crippen LogP contribution in [0.3, 0.4) is 0 Å². The minimum absolute atomic E-state index is 0.0348. The fraction of sp³-hybridized carbons (Fsp3) is 0.318. The summed E-state index contributed by atoms with van der Waals surface area (Å²) in [6.07, 6.45) is -0.185. The number of tetrazole rings is 1. The lowest BCUT2D eigenvalue weighted by molar-refractivity contribution is -0.148. The predicted octanol–water partition coefficient (Wildman–Crippen LogP) is 2.85. The third kappa shape index (κ3) is 5.97. The Bertz CT molecular complexity index is 984. The van der Waals surface area contributed by atoms with Crippen molar-refractivity contribution in [2.75, 3.05) is 0 Å². The molecule has 0 aliphatic carbocycles. The third-order valence-electron chi connectivity index (χ3n) is 4.32. The fourth-order valence-electron chi connectivity index (χ4n) is 2.91. The zero-order valence-electron chi connectivity index (χ0n) is 17.3. The number of nitrogens with one attached hydrogen (secondary N) is 1. The summed E-state index contributed by atoms with van der Waals surface area (Å²) in [7, 11) is 0. The first kappa shape index (κ1) is 21.2. The summed E-state index contributed by atoms with van der Waals surface area (Å²) >= 11 is 0. The molecule has 0 saturated carbocycles.